The van der Waals surface area contributed by atoms with Gasteiger partial charge >= 0.3 is 5.97 Å². The van der Waals surface area contributed by atoms with Crippen molar-refractivity contribution in [3.8, 4) is 23.3 Å². The fourth-order valence-corrected chi connectivity index (χ4v) is 6.68. The van der Waals surface area contributed by atoms with Gasteiger partial charge in [0.1, 0.15) is 29.8 Å². The number of rotatable bonds is 6. The van der Waals surface area contributed by atoms with E-state index in [1.807, 2.05) is 6.07 Å². The van der Waals surface area contributed by atoms with E-state index in [1.165, 1.54) is 6.20 Å². The largest absolute Gasteiger partial charge is 0.491 e. The number of ether oxygens (including phenoxy) is 3. The molecule has 1 unspecified atom stereocenters. The molecule has 1 aromatic carbocycles. The van der Waals surface area contributed by atoms with Crippen LogP contribution >= 0.6 is 31.9 Å². The average Bonchev–Trinajstić information content (AvgIpc) is 3.26. The fraction of sp³-hybridized carbons (Fsp3) is 0.542. The van der Waals surface area contributed by atoms with Crippen molar-refractivity contribution in [3.05, 3.63) is 21.2 Å². The zero-order valence-electron chi connectivity index (χ0n) is 18.5. The first-order valence-electron chi connectivity index (χ1n) is 11.4. The standard InChI is InChI=1S/C24H25Br2NO8/c25-13-7-14-16(17(26)21(13)33-9-12-10-5-3-1-2-4-6-11(10)12)15(8-27-14)34-24-20(30)18(28)19(29)22(35-24)23(31)32/h7-8,10-12,18-20,22,24,27-30H,3-6,9H2,(H,31,32)/t10-,11+,12?,18-,19-,20+,22-,24+/m0/s1. The Labute approximate surface area is 218 Å². The van der Waals surface area contributed by atoms with Gasteiger partial charge in [0.2, 0.25) is 6.29 Å². The number of carboxylic acids is 1. The van der Waals surface area contributed by atoms with Crippen LogP contribution in [0.5, 0.6) is 11.5 Å². The smallest absolute Gasteiger partial charge is 0.335 e. The lowest BCUT2D eigenvalue weighted by Crippen LogP contribution is -2.61. The maximum absolute atomic E-state index is 11.4. The van der Waals surface area contributed by atoms with Crippen LogP contribution in [-0.4, -0.2) is 68.7 Å². The summed E-state index contributed by atoms with van der Waals surface area (Å²) in [6.07, 6.45) is -2.86. The minimum Gasteiger partial charge on any atom is -0.491 e. The molecule has 5 rings (SSSR count). The predicted molar refractivity (Wildman–Crippen MR) is 131 cm³/mol. The Kier molecular flexibility index (Phi) is 7.05. The molecule has 8 atom stereocenters. The fourth-order valence-electron chi connectivity index (χ4n) is 5.13. The van der Waals surface area contributed by atoms with Crippen LogP contribution in [0, 0.1) is 29.6 Å². The quantitative estimate of drug-likeness (QED) is 0.313. The maximum Gasteiger partial charge on any atom is 0.335 e. The molecule has 1 aromatic heterocycles. The molecule has 11 heteroatoms. The number of aromatic amines is 1. The Morgan fingerprint density at radius 3 is 2.46 bits per heavy atom. The summed E-state index contributed by atoms with van der Waals surface area (Å²) >= 11 is 7.18. The highest BCUT2D eigenvalue weighted by Crippen LogP contribution is 2.53. The van der Waals surface area contributed by atoms with Gasteiger partial charge in [-0.05, 0) is 68.5 Å². The van der Waals surface area contributed by atoms with E-state index in [0.29, 0.717) is 45.5 Å². The monoisotopic (exact) mass is 613 g/mol. The van der Waals surface area contributed by atoms with E-state index in [-0.39, 0.29) is 5.75 Å². The molecule has 2 heterocycles. The van der Waals surface area contributed by atoms with Gasteiger partial charge in [-0.2, -0.15) is 0 Å². The molecule has 188 valence electrons. The Bertz CT molecular complexity index is 1170. The lowest BCUT2D eigenvalue weighted by molar-refractivity contribution is -0.270. The maximum atomic E-state index is 11.4. The van der Waals surface area contributed by atoms with Crippen LogP contribution in [0.1, 0.15) is 25.7 Å². The minimum absolute atomic E-state index is 0.256. The number of aromatic nitrogens is 1. The molecule has 2 aromatic rings. The van der Waals surface area contributed by atoms with Crippen molar-refractivity contribution >= 4 is 48.7 Å². The normalized spacial score (nSPS) is 34.2. The van der Waals surface area contributed by atoms with Crippen LogP contribution < -0.4 is 9.47 Å². The Hall–Kier alpha value is -1.81. The molecule has 1 saturated heterocycles. The lowest BCUT2D eigenvalue weighted by atomic mass is 9.99. The number of hydrogen-bond donors (Lipinski definition) is 5. The number of H-pyrrole nitrogens is 1. The van der Waals surface area contributed by atoms with E-state index >= 15 is 0 Å². The van der Waals surface area contributed by atoms with Gasteiger partial charge in [0, 0.05) is 19.0 Å². The van der Waals surface area contributed by atoms with Crippen molar-refractivity contribution in [3.63, 3.8) is 0 Å². The highest BCUT2D eigenvalue weighted by atomic mass is 79.9. The van der Waals surface area contributed by atoms with Crippen LogP contribution in [0.25, 0.3) is 10.9 Å². The molecule has 2 fully saturated rings. The van der Waals surface area contributed by atoms with Gasteiger partial charge in [-0.1, -0.05) is 0 Å². The van der Waals surface area contributed by atoms with Crippen molar-refractivity contribution in [1.82, 2.24) is 4.98 Å². The van der Waals surface area contributed by atoms with Crippen LogP contribution in [-0.2, 0) is 9.53 Å². The Morgan fingerprint density at radius 1 is 1.11 bits per heavy atom. The minimum atomic E-state index is -1.79. The van der Waals surface area contributed by atoms with E-state index in [4.69, 9.17) is 14.2 Å². The summed E-state index contributed by atoms with van der Waals surface area (Å²) < 4.78 is 18.6. The summed E-state index contributed by atoms with van der Waals surface area (Å²) in [6.45, 7) is 0.577. The number of aliphatic hydroxyl groups excluding tert-OH is 3. The summed E-state index contributed by atoms with van der Waals surface area (Å²) in [6, 6.07) is 1.84. The molecule has 35 heavy (non-hydrogen) atoms. The van der Waals surface area contributed by atoms with Gasteiger partial charge < -0.3 is 39.6 Å². The third-order valence-corrected chi connectivity index (χ3v) is 8.44. The number of aliphatic hydroxyl groups is 3. The van der Waals surface area contributed by atoms with Gasteiger partial charge in [0.05, 0.1) is 26.5 Å². The van der Waals surface area contributed by atoms with Gasteiger partial charge in [-0.15, -0.1) is 11.8 Å². The molecule has 1 saturated carbocycles. The van der Waals surface area contributed by atoms with Crippen molar-refractivity contribution in [2.75, 3.05) is 6.61 Å². The number of fused-ring (bicyclic) bond motifs is 2. The number of nitrogens with one attached hydrogen (secondary N) is 1. The van der Waals surface area contributed by atoms with Gasteiger partial charge in [0.15, 0.2) is 6.10 Å². The lowest BCUT2D eigenvalue weighted by Gasteiger charge is -2.38. The van der Waals surface area contributed by atoms with Gasteiger partial charge in [-0.25, -0.2) is 4.79 Å². The van der Waals surface area contributed by atoms with E-state index in [1.54, 1.807) is 0 Å². The number of aliphatic carboxylic acids is 1. The number of hydrogen-bond acceptors (Lipinski definition) is 7. The molecular formula is C24H25Br2NO8. The summed E-state index contributed by atoms with van der Waals surface area (Å²) in [4.78, 5) is 14.5. The number of carbonyl (C=O) groups is 1. The van der Waals surface area contributed by atoms with E-state index in [2.05, 4.69) is 48.7 Å². The second-order valence-corrected chi connectivity index (χ2v) is 10.8. The third-order valence-electron chi connectivity index (χ3n) is 7.10. The second kappa shape index (κ2) is 9.92. The van der Waals surface area contributed by atoms with Gasteiger partial charge in [-0.3, -0.25) is 0 Å². The highest BCUT2D eigenvalue weighted by Gasteiger charge is 2.50. The van der Waals surface area contributed by atoms with Crippen molar-refractivity contribution in [2.24, 2.45) is 17.8 Å². The first-order chi connectivity index (χ1) is 16.8. The van der Waals surface area contributed by atoms with E-state index in [9.17, 15) is 25.2 Å². The summed E-state index contributed by atoms with van der Waals surface area (Å²) in [5.41, 5.74) is 0.692. The number of carboxylic acid groups (broad SMARTS) is 1. The molecule has 2 aliphatic carbocycles. The van der Waals surface area contributed by atoms with Crippen LogP contribution in [0.4, 0.5) is 0 Å². The molecule has 5 N–H and O–H groups in total. The van der Waals surface area contributed by atoms with Crippen LogP contribution in [0.2, 0.25) is 0 Å². The number of benzene rings is 1. The summed E-state index contributed by atoms with van der Waals surface area (Å²) in [5.74, 6) is 7.59. The molecule has 3 aliphatic rings. The second-order valence-electron chi connectivity index (χ2n) is 9.16. The van der Waals surface area contributed by atoms with Crippen LogP contribution in [0.15, 0.2) is 21.2 Å². The average molecular weight is 615 g/mol. The molecule has 0 bridgehead atoms. The molecule has 9 nitrogen and oxygen atoms in total. The first kappa shape index (κ1) is 24.9. The van der Waals surface area contributed by atoms with Gasteiger partial charge in [0.25, 0.3) is 0 Å². The summed E-state index contributed by atoms with van der Waals surface area (Å²) in [7, 11) is 0. The molecular weight excluding hydrogens is 590 g/mol. The molecule has 0 amide bonds. The first-order valence-corrected chi connectivity index (χ1v) is 13.0. The van der Waals surface area contributed by atoms with Crippen molar-refractivity contribution in [2.45, 2.75) is 56.4 Å². The zero-order valence-corrected chi connectivity index (χ0v) is 21.7. The Morgan fingerprint density at radius 2 is 1.80 bits per heavy atom. The van der Waals surface area contributed by atoms with Crippen LogP contribution in [0.3, 0.4) is 0 Å². The SMILES string of the molecule is O=C(O)[C@H]1O[C@@H](Oc2c[nH]c3cc(Br)c(OCC4[C@H]5CCC#CCC[C@@H]45)c(Br)c23)[C@H](O)[C@@H](O)[C@@H]1O. The highest BCUT2D eigenvalue weighted by molar-refractivity contribution is 9.11. The third kappa shape index (κ3) is 4.68. The van der Waals surface area contributed by atoms with E-state index < -0.39 is 36.7 Å². The Balaban J connectivity index is 1.35. The number of halogens is 2. The molecule has 0 spiro atoms. The predicted octanol–water partition coefficient (Wildman–Crippen LogP) is 2.78. The zero-order chi connectivity index (χ0) is 24.9. The molecule has 0 radical (unpaired) electrons. The van der Waals surface area contributed by atoms with Crippen molar-refractivity contribution in [1.29, 1.82) is 0 Å². The molecule has 1 aliphatic heterocycles. The van der Waals surface area contributed by atoms with Crippen molar-refractivity contribution < 1.29 is 39.4 Å². The van der Waals surface area contributed by atoms with E-state index in [0.717, 1.165) is 30.2 Å². The summed E-state index contributed by atoms with van der Waals surface area (Å²) in [5, 5.41) is 40.2. The topological polar surface area (TPSA) is 141 Å².